The fourth-order valence-corrected chi connectivity index (χ4v) is 4.01. The highest BCUT2D eigenvalue weighted by Gasteiger charge is 2.41. The number of hydrogen-bond acceptors (Lipinski definition) is 4. The Balaban J connectivity index is 1.68. The largest absolute Gasteiger partial charge is 0.381 e. The van der Waals surface area contributed by atoms with Gasteiger partial charge in [0.05, 0.1) is 6.54 Å². The first-order valence-electron chi connectivity index (χ1n) is 12.1. The molecule has 8 heteroatoms. The molecule has 1 N–H and O–H groups in total. The number of benzene rings is 3. The summed E-state index contributed by atoms with van der Waals surface area (Å²) in [5.74, 6) is -1.81. The van der Waals surface area contributed by atoms with Crippen LogP contribution in [0.3, 0.4) is 0 Å². The first-order chi connectivity index (χ1) is 17.5. The lowest BCUT2D eigenvalue weighted by atomic mass is 9.85. The Morgan fingerprint density at radius 1 is 1.09 bits per heavy atom. The second-order valence-corrected chi connectivity index (χ2v) is 8.59. The Kier molecular flexibility index (Phi) is 5.97. The Bertz CT molecular complexity index is 1340. The summed E-state index contributed by atoms with van der Waals surface area (Å²) in [6.45, 7) is -1.53. The van der Waals surface area contributed by atoms with E-state index < -0.39 is 30.3 Å². The molecule has 0 radical (unpaired) electrons. The lowest BCUT2D eigenvalue weighted by Gasteiger charge is -2.40. The van der Waals surface area contributed by atoms with Crippen molar-refractivity contribution >= 4 is 11.6 Å². The van der Waals surface area contributed by atoms with Crippen LogP contribution in [0.15, 0.2) is 79.4 Å². The third-order valence-corrected chi connectivity index (χ3v) is 6.16. The van der Waals surface area contributed by atoms with Crippen LogP contribution < -0.4 is 0 Å². The fourth-order valence-electron chi connectivity index (χ4n) is 3.88. The van der Waals surface area contributed by atoms with Crippen LogP contribution in [0.2, 0.25) is 5.02 Å². The van der Waals surface area contributed by atoms with Crippen LogP contribution in [-0.4, -0.2) is 37.8 Å². The first-order valence-corrected chi connectivity index (χ1v) is 11.0. The van der Waals surface area contributed by atoms with Gasteiger partial charge in [-0.2, -0.15) is 5.10 Å². The molecule has 4 aromatic rings. The van der Waals surface area contributed by atoms with Gasteiger partial charge in [0, 0.05) is 33.4 Å². The molecule has 0 saturated carbocycles. The van der Waals surface area contributed by atoms with Gasteiger partial charge in [-0.1, -0.05) is 54.1 Å². The topological polar surface area (TPSA) is 54.2 Å². The number of hydrogen-bond donors (Lipinski definition) is 1. The van der Waals surface area contributed by atoms with Crippen LogP contribution in [0.4, 0.5) is 8.78 Å². The Labute approximate surface area is 206 Å². The standard InChI is InChI=1S/C26H25ClF2N4O/c1-18(26(34,15-33-17-30-16-31-33)24-12-11-23(28)13-25(24)29)32(2)14-19-3-5-20(6-4-19)21-7-9-22(27)10-8-21/h3-13,16-18,34H,14-15H2,1-2H3/t18-,26-/m1/s1/i2D3. The summed E-state index contributed by atoms with van der Waals surface area (Å²) in [5, 5.41) is 16.5. The maximum atomic E-state index is 14.9. The molecule has 1 heterocycles. The molecule has 0 amide bonds. The molecule has 0 saturated heterocycles. The van der Waals surface area contributed by atoms with Gasteiger partial charge in [0.25, 0.3) is 0 Å². The van der Waals surface area contributed by atoms with Crippen molar-refractivity contribution < 1.29 is 18.0 Å². The predicted molar refractivity (Wildman–Crippen MR) is 128 cm³/mol. The number of likely N-dealkylation sites (N-methyl/N-ethyl adjacent to an activating group) is 1. The SMILES string of the molecule is [2H]C([2H])([2H])N(Cc1ccc(-c2ccc(Cl)cc2)cc1)[C@H](C)[C@](O)(Cn1cncn1)c1ccc(F)cc1F. The van der Waals surface area contributed by atoms with Crippen LogP contribution in [0.25, 0.3) is 11.1 Å². The number of rotatable bonds is 8. The highest BCUT2D eigenvalue weighted by Crippen LogP contribution is 2.33. The molecule has 2 atom stereocenters. The van der Waals surface area contributed by atoms with Crippen LogP contribution >= 0.6 is 11.6 Å². The van der Waals surface area contributed by atoms with Crippen molar-refractivity contribution in [1.29, 1.82) is 0 Å². The first kappa shape index (κ1) is 20.3. The number of halogens is 3. The van der Waals surface area contributed by atoms with Gasteiger partial charge in [-0.15, -0.1) is 0 Å². The molecule has 0 aliphatic heterocycles. The molecule has 4 rings (SSSR count). The number of aromatic nitrogens is 3. The second-order valence-electron chi connectivity index (χ2n) is 8.15. The third-order valence-electron chi connectivity index (χ3n) is 5.91. The average molecular weight is 486 g/mol. The zero-order valence-electron chi connectivity index (χ0n) is 21.4. The van der Waals surface area contributed by atoms with Crippen LogP contribution in [0.5, 0.6) is 0 Å². The summed E-state index contributed by atoms with van der Waals surface area (Å²) in [4.78, 5) is 4.97. The second kappa shape index (κ2) is 10.0. The molecule has 34 heavy (non-hydrogen) atoms. The minimum atomic E-state index is -2.65. The van der Waals surface area contributed by atoms with Gasteiger partial charge in [0.2, 0.25) is 0 Å². The normalized spacial score (nSPS) is 15.9. The van der Waals surface area contributed by atoms with Crippen LogP contribution in [0, 0.1) is 11.6 Å². The molecule has 3 aromatic carbocycles. The highest BCUT2D eigenvalue weighted by atomic mass is 35.5. The summed E-state index contributed by atoms with van der Waals surface area (Å²) in [6.07, 6.45) is 2.57. The molecular formula is C26H25ClF2N4O. The highest BCUT2D eigenvalue weighted by molar-refractivity contribution is 6.30. The van der Waals surface area contributed by atoms with Gasteiger partial charge in [-0.25, -0.2) is 18.4 Å². The van der Waals surface area contributed by atoms with Crippen molar-refractivity contribution in [3.63, 3.8) is 0 Å². The van der Waals surface area contributed by atoms with Crippen molar-refractivity contribution in [3.05, 3.63) is 107 Å². The molecule has 0 spiro atoms. The van der Waals surface area contributed by atoms with E-state index in [0.717, 1.165) is 28.2 Å². The lowest BCUT2D eigenvalue weighted by Crippen LogP contribution is -2.50. The summed E-state index contributed by atoms with van der Waals surface area (Å²) in [6, 6.07) is 16.3. The van der Waals surface area contributed by atoms with Crippen molar-refractivity contribution in [1.82, 2.24) is 19.7 Å². The maximum absolute atomic E-state index is 14.9. The Morgan fingerprint density at radius 2 is 1.76 bits per heavy atom. The molecule has 5 nitrogen and oxygen atoms in total. The lowest BCUT2D eigenvalue weighted by molar-refractivity contribution is -0.0591. The van der Waals surface area contributed by atoms with Crippen molar-refractivity contribution in [3.8, 4) is 11.1 Å². The quantitative estimate of drug-likeness (QED) is 0.368. The average Bonchev–Trinajstić information content (AvgIpc) is 3.35. The van der Waals surface area contributed by atoms with E-state index in [-0.39, 0.29) is 18.7 Å². The van der Waals surface area contributed by atoms with E-state index in [4.69, 9.17) is 15.7 Å². The summed E-state index contributed by atoms with van der Waals surface area (Å²) in [5.41, 5.74) is 0.201. The minimum absolute atomic E-state index is 0.0684. The number of nitrogens with zero attached hydrogens (tertiary/aromatic N) is 4. The van der Waals surface area contributed by atoms with Gasteiger partial charge in [0.1, 0.15) is 29.9 Å². The van der Waals surface area contributed by atoms with Crippen LogP contribution in [0.1, 0.15) is 22.2 Å². The molecule has 0 fully saturated rings. The monoisotopic (exact) mass is 485 g/mol. The van der Waals surface area contributed by atoms with Gasteiger partial charge < -0.3 is 5.11 Å². The minimum Gasteiger partial charge on any atom is -0.381 e. The van der Waals surface area contributed by atoms with E-state index in [1.807, 2.05) is 24.3 Å². The molecule has 0 aliphatic carbocycles. The fraction of sp³-hybridized carbons (Fsp3) is 0.231. The zero-order valence-corrected chi connectivity index (χ0v) is 19.1. The van der Waals surface area contributed by atoms with E-state index >= 15 is 0 Å². The van der Waals surface area contributed by atoms with E-state index in [9.17, 15) is 13.9 Å². The summed E-state index contributed by atoms with van der Waals surface area (Å²) >= 11 is 5.97. The third kappa shape index (κ3) is 5.17. The predicted octanol–water partition coefficient (Wildman–Crippen LogP) is 5.29. The van der Waals surface area contributed by atoms with E-state index in [1.165, 1.54) is 24.3 Å². The van der Waals surface area contributed by atoms with Crippen molar-refractivity contribution in [2.75, 3.05) is 6.98 Å². The molecule has 176 valence electrons. The van der Waals surface area contributed by atoms with E-state index in [0.29, 0.717) is 16.7 Å². The molecule has 0 unspecified atom stereocenters. The molecular weight excluding hydrogens is 458 g/mol. The molecule has 0 aliphatic rings. The van der Waals surface area contributed by atoms with Gasteiger partial charge in [-0.05, 0) is 48.8 Å². The van der Waals surface area contributed by atoms with E-state index in [1.54, 1.807) is 24.3 Å². The van der Waals surface area contributed by atoms with E-state index in [2.05, 4.69) is 10.1 Å². The smallest absolute Gasteiger partial charge is 0.137 e. The number of aliphatic hydroxyl groups is 1. The van der Waals surface area contributed by atoms with Crippen molar-refractivity contribution in [2.24, 2.45) is 0 Å². The summed E-state index contributed by atoms with van der Waals surface area (Å²) < 4.78 is 54.5. The maximum Gasteiger partial charge on any atom is 0.137 e. The Morgan fingerprint density at radius 3 is 2.35 bits per heavy atom. The summed E-state index contributed by atoms with van der Waals surface area (Å²) in [7, 11) is 0. The molecule has 0 bridgehead atoms. The Hall–Kier alpha value is -3.13. The van der Waals surface area contributed by atoms with Gasteiger partial charge in [-0.3, -0.25) is 4.90 Å². The zero-order chi connectivity index (χ0) is 26.8. The van der Waals surface area contributed by atoms with Crippen molar-refractivity contribution in [2.45, 2.75) is 31.7 Å². The van der Waals surface area contributed by atoms with Gasteiger partial charge in [0.15, 0.2) is 0 Å². The molecule has 1 aromatic heterocycles. The van der Waals surface area contributed by atoms with Gasteiger partial charge >= 0.3 is 0 Å². The van der Waals surface area contributed by atoms with Crippen LogP contribution in [-0.2, 0) is 18.7 Å².